The number of aryl methyl sites for hydroxylation is 1. The first kappa shape index (κ1) is 18.9. The van der Waals surface area contributed by atoms with Crippen molar-refractivity contribution in [3.63, 3.8) is 0 Å². The number of carbonyl (C=O) groups is 2. The van der Waals surface area contributed by atoms with E-state index < -0.39 is 0 Å². The first-order valence-corrected chi connectivity index (χ1v) is 9.29. The second-order valence-electron chi connectivity index (χ2n) is 5.70. The first-order chi connectivity index (χ1) is 13.0. The van der Waals surface area contributed by atoms with Crippen LogP contribution in [0.25, 0.3) is 0 Å². The number of aromatic nitrogens is 1. The Hall–Kier alpha value is -2.90. The molecule has 0 atom stereocenters. The molecule has 138 valence electrons. The standard InChI is InChI=1S/C19H17ClN4O2S/c1-11-5-3-8-14(20)16(11)24-18(26)15-10-22-19(27-15)23-13-7-4-6-12(9-13)17(25)21-2/h3-10H,1-2H3,(H,21,25)(H,22,23)(H,24,26). The Labute approximate surface area is 165 Å². The fourth-order valence-corrected chi connectivity index (χ4v) is 3.41. The molecule has 0 fully saturated rings. The van der Waals surface area contributed by atoms with Crippen molar-refractivity contribution in [1.29, 1.82) is 0 Å². The summed E-state index contributed by atoms with van der Waals surface area (Å²) in [5.41, 5.74) is 2.71. The largest absolute Gasteiger partial charge is 0.355 e. The lowest BCUT2D eigenvalue weighted by Crippen LogP contribution is -2.17. The van der Waals surface area contributed by atoms with E-state index >= 15 is 0 Å². The molecule has 2 amide bonds. The number of carbonyl (C=O) groups excluding carboxylic acids is 2. The lowest BCUT2D eigenvalue weighted by Gasteiger charge is -2.08. The molecular weight excluding hydrogens is 384 g/mol. The van der Waals surface area contributed by atoms with Crippen LogP contribution in [0.2, 0.25) is 5.02 Å². The summed E-state index contributed by atoms with van der Waals surface area (Å²) in [7, 11) is 1.58. The Kier molecular flexibility index (Phi) is 5.73. The van der Waals surface area contributed by atoms with Gasteiger partial charge in [-0.1, -0.05) is 41.1 Å². The summed E-state index contributed by atoms with van der Waals surface area (Å²) in [6.45, 7) is 1.88. The van der Waals surface area contributed by atoms with Crippen LogP contribution in [0.1, 0.15) is 25.6 Å². The van der Waals surface area contributed by atoms with Crippen LogP contribution in [0.3, 0.4) is 0 Å². The number of benzene rings is 2. The van der Waals surface area contributed by atoms with Gasteiger partial charge in [0.2, 0.25) is 0 Å². The van der Waals surface area contributed by atoms with Crippen LogP contribution in [-0.2, 0) is 0 Å². The van der Waals surface area contributed by atoms with Crippen molar-refractivity contribution >= 4 is 51.3 Å². The second kappa shape index (κ2) is 8.20. The summed E-state index contributed by atoms with van der Waals surface area (Å²) in [6, 6.07) is 12.5. The first-order valence-electron chi connectivity index (χ1n) is 8.09. The molecule has 1 heterocycles. The van der Waals surface area contributed by atoms with Crippen LogP contribution < -0.4 is 16.0 Å². The Bertz CT molecular complexity index is 983. The van der Waals surface area contributed by atoms with Crippen LogP contribution in [0.4, 0.5) is 16.5 Å². The van der Waals surface area contributed by atoms with Gasteiger partial charge < -0.3 is 16.0 Å². The molecule has 3 rings (SSSR count). The summed E-state index contributed by atoms with van der Waals surface area (Å²) in [5.74, 6) is -0.455. The molecule has 0 aliphatic rings. The van der Waals surface area contributed by atoms with E-state index in [1.807, 2.05) is 25.1 Å². The molecule has 8 heteroatoms. The van der Waals surface area contributed by atoms with Crippen molar-refractivity contribution in [1.82, 2.24) is 10.3 Å². The molecule has 0 spiro atoms. The van der Waals surface area contributed by atoms with Crippen LogP contribution in [-0.4, -0.2) is 23.8 Å². The van der Waals surface area contributed by atoms with Gasteiger partial charge in [-0.25, -0.2) is 4.98 Å². The Morgan fingerprint density at radius 3 is 2.63 bits per heavy atom. The summed E-state index contributed by atoms with van der Waals surface area (Å²) >= 11 is 7.36. The van der Waals surface area contributed by atoms with Gasteiger partial charge in [0.15, 0.2) is 5.13 Å². The van der Waals surface area contributed by atoms with Gasteiger partial charge in [-0.05, 0) is 36.8 Å². The fourth-order valence-electron chi connectivity index (χ4n) is 2.41. The Morgan fingerprint density at radius 1 is 1.11 bits per heavy atom. The lowest BCUT2D eigenvalue weighted by molar-refractivity contribution is 0.0962. The minimum atomic E-state index is -0.282. The van der Waals surface area contributed by atoms with Gasteiger partial charge in [-0.3, -0.25) is 9.59 Å². The number of halogens is 1. The molecular formula is C19H17ClN4O2S. The van der Waals surface area contributed by atoms with Gasteiger partial charge in [-0.15, -0.1) is 0 Å². The third-order valence-corrected chi connectivity index (χ3v) is 5.02. The van der Waals surface area contributed by atoms with Crippen LogP contribution >= 0.6 is 22.9 Å². The van der Waals surface area contributed by atoms with Gasteiger partial charge in [-0.2, -0.15) is 0 Å². The quantitative estimate of drug-likeness (QED) is 0.590. The zero-order valence-electron chi connectivity index (χ0n) is 14.7. The number of nitrogens with zero attached hydrogens (tertiary/aromatic N) is 1. The fraction of sp³-hybridized carbons (Fsp3) is 0.105. The maximum atomic E-state index is 12.5. The van der Waals surface area contributed by atoms with Gasteiger partial charge in [0, 0.05) is 18.3 Å². The molecule has 3 aromatic rings. The van der Waals surface area contributed by atoms with Crippen molar-refractivity contribution in [3.05, 3.63) is 69.7 Å². The maximum absolute atomic E-state index is 12.5. The third kappa shape index (κ3) is 4.45. The smallest absolute Gasteiger partial charge is 0.267 e. The molecule has 0 aliphatic carbocycles. The highest BCUT2D eigenvalue weighted by Gasteiger charge is 2.14. The average molecular weight is 401 g/mol. The number of nitrogens with one attached hydrogen (secondary N) is 3. The van der Waals surface area contributed by atoms with Gasteiger partial charge in [0.1, 0.15) is 4.88 Å². The summed E-state index contributed by atoms with van der Waals surface area (Å²) in [6.07, 6.45) is 1.50. The number of para-hydroxylation sites is 1. The average Bonchev–Trinajstić information content (AvgIpc) is 3.13. The van der Waals surface area contributed by atoms with Crippen LogP contribution in [0.5, 0.6) is 0 Å². The van der Waals surface area contributed by atoms with Crippen molar-refractivity contribution in [3.8, 4) is 0 Å². The summed E-state index contributed by atoms with van der Waals surface area (Å²) in [4.78, 5) is 28.9. The third-order valence-electron chi connectivity index (χ3n) is 3.79. The Morgan fingerprint density at radius 2 is 1.89 bits per heavy atom. The SMILES string of the molecule is CNC(=O)c1cccc(Nc2ncc(C(=O)Nc3c(C)cccc3Cl)s2)c1. The zero-order chi connectivity index (χ0) is 19.4. The molecule has 3 N–H and O–H groups in total. The molecule has 0 aliphatic heterocycles. The van der Waals surface area contributed by atoms with Crippen LogP contribution in [0.15, 0.2) is 48.7 Å². The van der Waals surface area contributed by atoms with Crippen molar-refractivity contribution in [2.45, 2.75) is 6.92 Å². The minimum Gasteiger partial charge on any atom is -0.355 e. The minimum absolute atomic E-state index is 0.173. The molecule has 0 radical (unpaired) electrons. The van der Waals surface area contributed by atoms with E-state index in [9.17, 15) is 9.59 Å². The predicted octanol–water partition coefficient (Wildman–Crippen LogP) is 4.46. The van der Waals surface area contributed by atoms with Crippen molar-refractivity contribution < 1.29 is 9.59 Å². The molecule has 6 nitrogen and oxygen atoms in total. The van der Waals surface area contributed by atoms with E-state index in [2.05, 4.69) is 20.9 Å². The van der Waals surface area contributed by atoms with E-state index in [-0.39, 0.29) is 11.8 Å². The monoisotopic (exact) mass is 400 g/mol. The van der Waals surface area contributed by atoms with Gasteiger partial charge in [0.25, 0.3) is 11.8 Å². The number of hydrogen-bond acceptors (Lipinski definition) is 5. The number of thiazole rings is 1. The highest BCUT2D eigenvalue weighted by Crippen LogP contribution is 2.28. The number of rotatable bonds is 5. The van der Waals surface area contributed by atoms with Crippen LogP contribution in [0, 0.1) is 6.92 Å². The van der Waals surface area contributed by atoms with E-state index in [0.29, 0.717) is 32.0 Å². The van der Waals surface area contributed by atoms with Gasteiger partial charge >= 0.3 is 0 Å². The van der Waals surface area contributed by atoms with E-state index in [1.54, 1.807) is 31.3 Å². The molecule has 0 unspecified atom stereocenters. The number of anilines is 3. The zero-order valence-corrected chi connectivity index (χ0v) is 16.2. The Balaban J connectivity index is 1.73. The molecule has 0 saturated heterocycles. The van der Waals surface area contributed by atoms with E-state index in [0.717, 1.165) is 5.56 Å². The molecule has 0 saturated carbocycles. The molecule has 0 bridgehead atoms. The molecule has 1 aromatic heterocycles. The highest BCUT2D eigenvalue weighted by atomic mass is 35.5. The van der Waals surface area contributed by atoms with Gasteiger partial charge in [0.05, 0.1) is 16.9 Å². The maximum Gasteiger partial charge on any atom is 0.267 e. The number of hydrogen-bond donors (Lipinski definition) is 3. The normalized spacial score (nSPS) is 10.3. The van der Waals surface area contributed by atoms with E-state index in [4.69, 9.17) is 11.6 Å². The number of amides is 2. The topological polar surface area (TPSA) is 83.1 Å². The highest BCUT2D eigenvalue weighted by molar-refractivity contribution is 7.17. The van der Waals surface area contributed by atoms with E-state index in [1.165, 1.54) is 17.5 Å². The predicted molar refractivity (Wildman–Crippen MR) is 109 cm³/mol. The second-order valence-corrected chi connectivity index (χ2v) is 7.14. The summed E-state index contributed by atoms with van der Waals surface area (Å²) < 4.78 is 0. The summed E-state index contributed by atoms with van der Waals surface area (Å²) in [5, 5.41) is 9.54. The molecule has 2 aromatic carbocycles. The van der Waals surface area contributed by atoms with Crippen molar-refractivity contribution in [2.24, 2.45) is 0 Å². The van der Waals surface area contributed by atoms with Crippen molar-refractivity contribution in [2.75, 3.05) is 17.7 Å². The lowest BCUT2D eigenvalue weighted by atomic mass is 10.2. The molecule has 27 heavy (non-hydrogen) atoms.